The molecule has 1 aliphatic rings. The number of hydrogen-bond donors (Lipinski definition) is 1. The van der Waals surface area contributed by atoms with Gasteiger partial charge in [-0.05, 0) is 18.4 Å². The lowest BCUT2D eigenvalue weighted by Gasteiger charge is -2.32. The molecule has 0 bridgehead atoms. The maximum atomic E-state index is 9.88. The Kier molecular flexibility index (Phi) is 3.55. The van der Waals surface area contributed by atoms with E-state index in [9.17, 15) is 5.11 Å². The van der Waals surface area contributed by atoms with Crippen molar-refractivity contribution in [2.24, 2.45) is 0 Å². The van der Waals surface area contributed by atoms with Crippen molar-refractivity contribution >= 4 is 0 Å². The number of quaternary nitrogens is 1. The predicted octanol–water partition coefficient (Wildman–Crippen LogP) is 2.18. The van der Waals surface area contributed by atoms with E-state index in [-0.39, 0.29) is 12.0 Å². The third-order valence-electron chi connectivity index (χ3n) is 4.30. The van der Waals surface area contributed by atoms with E-state index in [1.807, 2.05) is 6.07 Å². The van der Waals surface area contributed by atoms with Gasteiger partial charge >= 0.3 is 0 Å². The van der Waals surface area contributed by atoms with Crippen molar-refractivity contribution < 1.29 is 9.59 Å². The van der Waals surface area contributed by atoms with E-state index >= 15 is 0 Å². The van der Waals surface area contributed by atoms with Gasteiger partial charge in [-0.25, -0.2) is 0 Å². The third kappa shape index (κ3) is 2.70. The largest absolute Gasteiger partial charge is 0.395 e. The molecule has 1 aliphatic heterocycles. The molecular weight excluding hydrogens is 210 g/mol. The van der Waals surface area contributed by atoms with Crippen LogP contribution in [0.3, 0.4) is 0 Å². The molecule has 0 aromatic heterocycles. The molecule has 1 atom stereocenters. The number of aliphatic hydroxyl groups excluding tert-OH is 1. The van der Waals surface area contributed by atoms with Crippen molar-refractivity contribution in [1.29, 1.82) is 0 Å². The van der Waals surface area contributed by atoms with E-state index < -0.39 is 0 Å². The minimum atomic E-state index is -0.00667. The Balaban J connectivity index is 2.26. The molecule has 1 heterocycles. The van der Waals surface area contributed by atoms with Crippen LogP contribution in [0.5, 0.6) is 0 Å². The summed E-state index contributed by atoms with van der Waals surface area (Å²) in [4.78, 5) is 0. The zero-order valence-electron chi connectivity index (χ0n) is 11.0. The summed E-state index contributed by atoms with van der Waals surface area (Å²) in [6.45, 7) is 2.64. The molecule has 0 unspecified atom stereocenters. The summed E-state index contributed by atoms with van der Waals surface area (Å²) in [5, 5.41) is 9.88. The fourth-order valence-corrected chi connectivity index (χ4v) is 2.93. The second-order valence-corrected chi connectivity index (χ2v) is 6.04. The molecule has 1 saturated heterocycles. The van der Waals surface area contributed by atoms with E-state index in [1.165, 1.54) is 18.5 Å². The molecule has 2 rings (SSSR count). The normalized spacial score (nSPS) is 28.6. The standard InChI is InChI=1S/C15H24NO/c1-16(2)11-6-9-15(13-17,10-12-16)14-7-4-3-5-8-14/h3-5,7-8,17H,6,9-13H2,1-2H3/q+1/t15-/m1/s1. The second-order valence-electron chi connectivity index (χ2n) is 6.04. The van der Waals surface area contributed by atoms with Crippen molar-refractivity contribution in [3.05, 3.63) is 35.9 Å². The van der Waals surface area contributed by atoms with Crippen LogP contribution in [0.15, 0.2) is 30.3 Å². The molecule has 0 amide bonds. The molecule has 2 heteroatoms. The molecule has 0 radical (unpaired) electrons. The molecule has 94 valence electrons. The zero-order valence-corrected chi connectivity index (χ0v) is 11.0. The Hall–Kier alpha value is -0.860. The first-order valence-corrected chi connectivity index (χ1v) is 6.56. The maximum absolute atomic E-state index is 9.88. The second kappa shape index (κ2) is 4.79. The average Bonchev–Trinajstić information content (AvgIpc) is 2.50. The molecule has 0 aliphatic carbocycles. The number of hydrogen-bond acceptors (Lipinski definition) is 1. The summed E-state index contributed by atoms with van der Waals surface area (Å²) >= 11 is 0. The van der Waals surface area contributed by atoms with Crippen LogP contribution in [0.4, 0.5) is 0 Å². The fraction of sp³-hybridized carbons (Fsp3) is 0.600. The molecule has 0 saturated carbocycles. The van der Waals surface area contributed by atoms with Crippen LogP contribution < -0.4 is 0 Å². The van der Waals surface area contributed by atoms with Crippen molar-refractivity contribution in [2.45, 2.75) is 24.7 Å². The lowest BCUT2D eigenvalue weighted by Crippen LogP contribution is -2.41. The Bertz CT molecular complexity index is 360. The zero-order chi connectivity index (χ0) is 12.4. The number of nitrogens with zero attached hydrogens (tertiary/aromatic N) is 1. The van der Waals surface area contributed by atoms with Crippen molar-refractivity contribution in [2.75, 3.05) is 33.8 Å². The van der Waals surface area contributed by atoms with Gasteiger partial charge in [0.1, 0.15) is 0 Å². The Morgan fingerprint density at radius 3 is 2.47 bits per heavy atom. The van der Waals surface area contributed by atoms with Crippen LogP contribution in [-0.4, -0.2) is 43.4 Å². The molecule has 17 heavy (non-hydrogen) atoms. The highest BCUT2D eigenvalue weighted by Gasteiger charge is 2.36. The van der Waals surface area contributed by atoms with Gasteiger partial charge in [0.05, 0.1) is 33.8 Å². The Labute approximate surface area is 104 Å². The van der Waals surface area contributed by atoms with Gasteiger partial charge in [-0.3, -0.25) is 0 Å². The number of benzene rings is 1. The van der Waals surface area contributed by atoms with Crippen LogP contribution in [0.25, 0.3) is 0 Å². The van der Waals surface area contributed by atoms with Crippen LogP contribution >= 0.6 is 0 Å². The van der Waals surface area contributed by atoms with Crippen LogP contribution in [0.1, 0.15) is 24.8 Å². The average molecular weight is 234 g/mol. The van der Waals surface area contributed by atoms with Gasteiger partial charge in [0, 0.05) is 11.8 Å². The molecule has 1 N–H and O–H groups in total. The summed E-state index contributed by atoms with van der Waals surface area (Å²) in [6, 6.07) is 10.5. The smallest absolute Gasteiger partial charge is 0.0792 e. The molecule has 1 aromatic rings. The summed E-state index contributed by atoms with van der Waals surface area (Å²) in [7, 11) is 4.58. The van der Waals surface area contributed by atoms with Crippen LogP contribution in [0.2, 0.25) is 0 Å². The Morgan fingerprint density at radius 2 is 1.82 bits per heavy atom. The molecule has 1 fully saturated rings. The first-order valence-electron chi connectivity index (χ1n) is 6.56. The Morgan fingerprint density at radius 1 is 1.12 bits per heavy atom. The van der Waals surface area contributed by atoms with Gasteiger partial charge in [-0.15, -0.1) is 0 Å². The van der Waals surface area contributed by atoms with Crippen LogP contribution in [0, 0.1) is 0 Å². The van der Waals surface area contributed by atoms with E-state index in [2.05, 4.69) is 38.4 Å². The van der Waals surface area contributed by atoms with Gasteiger partial charge in [0.25, 0.3) is 0 Å². The summed E-state index contributed by atoms with van der Waals surface area (Å²) < 4.78 is 1.08. The van der Waals surface area contributed by atoms with Crippen LogP contribution in [-0.2, 0) is 5.41 Å². The highest BCUT2D eigenvalue weighted by molar-refractivity contribution is 5.25. The first kappa shape index (κ1) is 12.6. The quantitative estimate of drug-likeness (QED) is 0.778. The fourth-order valence-electron chi connectivity index (χ4n) is 2.93. The highest BCUT2D eigenvalue weighted by atomic mass is 16.3. The van der Waals surface area contributed by atoms with E-state index in [4.69, 9.17) is 0 Å². The lowest BCUT2D eigenvalue weighted by atomic mass is 9.75. The number of likely N-dealkylation sites (tertiary alicyclic amines) is 1. The lowest BCUT2D eigenvalue weighted by molar-refractivity contribution is -0.889. The third-order valence-corrected chi connectivity index (χ3v) is 4.30. The van der Waals surface area contributed by atoms with Gasteiger partial charge in [0.2, 0.25) is 0 Å². The minimum absolute atomic E-state index is 0.00667. The molecule has 1 aromatic carbocycles. The highest BCUT2D eigenvalue weighted by Crippen LogP contribution is 2.35. The topological polar surface area (TPSA) is 20.2 Å². The van der Waals surface area contributed by atoms with Gasteiger partial charge in [-0.2, -0.15) is 0 Å². The van der Waals surface area contributed by atoms with Crippen molar-refractivity contribution in [1.82, 2.24) is 0 Å². The summed E-state index contributed by atoms with van der Waals surface area (Å²) in [5.41, 5.74) is 1.30. The van der Waals surface area contributed by atoms with E-state index in [0.29, 0.717) is 0 Å². The molecule has 0 spiro atoms. The number of rotatable bonds is 2. The monoisotopic (exact) mass is 234 g/mol. The molecule has 2 nitrogen and oxygen atoms in total. The predicted molar refractivity (Wildman–Crippen MR) is 70.9 cm³/mol. The minimum Gasteiger partial charge on any atom is -0.395 e. The van der Waals surface area contributed by atoms with E-state index in [1.54, 1.807) is 0 Å². The first-order chi connectivity index (χ1) is 8.08. The SMILES string of the molecule is C[N+]1(C)CCC[C@@](CO)(c2ccccc2)CC1. The van der Waals surface area contributed by atoms with Crippen molar-refractivity contribution in [3.63, 3.8) is 0 Å². The van der Waals surface area contributed by atoms with Gasteiger partial charge < -0.3 is 9.59 Å². The molecular formula is C15H24NO+. The summed E-state index contributed by atoms with van der Waals surface area (Å²) in [5.74, 6) is 0. The number of aliphatic hydroxyl groups is 1. The maximum Gasteiger partial charge on any atom is 0.0792 e. The van der Waals surface area contributed by atoms with Gasteiger partial charge in [0.15, 0.2) is 0 Å². The summed E-state index contributed by atoms with van der Waals surface area (Å²) in [6.07, 6.45) is 3.39. The van der Waals surface area contributed by atoms with Gasteiger partial charge in [-0.1, -0.05) is 30.3 Å². The van der Waals surface area contributed by atoms with E-state index in [0.717, 1.165) is 23.9 Å². The van der Waals surface area contributed by atoms with Crippen molar-refractivity contribution in [3.8, 4) is 0 Å².